The van der Waals surface area contributed by atoms with Crippen LogP contribution in [0.2, 0.25) is 11.8 Å². The summed E-state index contributed by atoms with van der Waals surface area (Å²) < 4.78 is 3.96. The average Bonchev–Trinajstić information content (AvgIpc) is 2.86. The van der Waals surface area contributed by atoms with Gasteiger partial charge in [0.05, 0.1) is 5.56 Å². The predicted molar refractivity (Wildman–Crippen MR) is 137 cm³/mol. The molecule has 0 bridgehead atoms. The van der Waals surface area contributed by atoms with Crippen molar-refractivity contribution in [2.45, 2.75) is 108 Å². The van der Waals surface area contributed by atoms with Gasteiger partial charge in [-0.15, -0.1) is 0 Å². The van der Waals surface area contributed by atoms with Crippen LogP contribution in [-0.4, -0.2) is 30.8 Å². The Bertz CT molecular complexity index is 802. The fourth-order valence-electron chi connectivity index (χ4n) is 6.63. The van der Waals surface area contributed by atoms with Crippen LogP contribution in [0, 0.1) is 0 Å². The molecule has 2 aromatic rings. The molecular formula is C29H41O2Sn. The predicted octanol–water partition coefficient (Wildman–Crippen LogP) is 9.02. The third-order valence-corrected chi connectivity index (χ3v) is 21.2. The molecule has 32 heavy (non-hydrogen) atoms. The summed E-state index contributed by atoms with van der Waals surface area (Å²) in [6.45, 7) is 0. The minimum atomic E-state index is -1.15. The summed E-state index contributed by atoms with van der Waals surface area (Å²) in [5.74, 6) is -0.884. The van der Waals surface area contributed by atoms with Gasteiger partial charge in [0.2, 0.25) is 0 Å². The van der Waals surface area contributed by atoms with E-state index in [1.54, 1.807) is 108 Å². The van der Waals surface area contributed by atoms with Gasteiger partial charge < -0.3 is 5.11 Å². The minimum absolute atomic E-state index is 0.332. The third-order valence-electron chi connectivity index (χ3n) is 8.23. The molecule has 3 aliphatic carbocycles. The van der Waals surface area contributed by atoms with Crippen molar-refractivity contribution >= 4 is 36.5 Å². The van der Waals surface area contributed by atoms with Crippen LogP contribution in [-0.2, 0) is 0 Å². The molecule has 173 valence electrons. The van der Waals surface area contributed by atoms with Crippen molar-refractivity contribution in [3.8, 4) is 0 Å². The van der Waals surface area contributed by atoms with E-state index in [1.165, 1.54) is 11.8 Å². The first-order valence-electron chi connectivity index (χ1n) is 13.3. The van der Waals surface area contributed by atoms with E-state index in [1.807, 2.05) is 30.3 Å². The second kappa shape index (κ2) is 12.4. The van der Waals surface area contributed by atoms with Crippen molar-refractivity contribution in [2.24, 2.45) is 0 Å². The number of carboxylic acids is 1. The van der Waals surface area contributed by atoms with Gasteiger partial charge >= 0.3 is 134 Å². The Hall–Kier alpha value is -1.03. The maximum absolute atomic E-state index is 10.6. The number of rotatable bonds is 4. The van der Waals surface area contributed by atoms with Crippen LogP contribution >= 0.6 is 0 Å². The molecular weight excluding hydrogens is 499 g/mol. The van der Waals surface area contributed by atoms with Crippen LogP contribution in [0.5, 0.6) is 0 Å². The molecule has 0 heterocycles. The van der Waals surface area contributed by atoms with E-state index >= 15 is 0 Å². The van der Waals surface area contributed by atoms with Crippen molar-refractivity contribution in [1.82, 2.24) is 0 Å². The van der Waals surface area contributed by atoms with E-state index in [0.717, 1.165) is 10.8 Å². The molecule has 0 aliphatic heterocycles. The van der Waals surface area contributed by atoms with Crippen molar-refractivity contribution < 1.29 is 9.90 Å². The smallest absolute Gasteiger partial charge is 0.335 e. The number of hydrogen-bond acceptors (Lipinski definition) is 1. The van der Waals surface area contributed by atoms with Gasteiger partial charge in [0.15, 0.2) is 0 Å². The Morgan fingerprint density at radius 3 is 1.50 bits per heavy atom. The van der Waals surface area contributed by atoms with Crippen LogP contribution in [0.4, 0.5) is 0 Å². The van der Waals surface area contributed by atoms with Crippen molar-refractivity contribution in [3.63, 3.8) is 0 Å². The van der Waals surface area contributed by atoms with Gasteiger partial charge in [0, 0.05) is 0 Å². The largest absolute Gasteiger partial charge is 0.478 e. The van der Waals surface area contributed by atoms with Gasteiger partial charge in [-0.2, -0.15) is 0 Å². The molecule has 0 saturated heterocycles. The summed E-state index contributed by atoms with van der Waals surface area (Å²) in [4.78, 5) is 10.6. The van der Waals surface area contributed by atoms with Gasteiger partial charge in [0.25, 0.3) is 0 Å². The molecule has 3 fully saturated rings. The molecule has 2 nitrogen and oxygen atoms in total. The number of fused-ring (bicyclic) bond motifs is 1. The molecule has 0 amide bonds. The Morgan fingerprint density at radius 1 is 0.625 bits per heavy atom. The molecule has 0 atom stereocenters. The quantitative estimate of drug-likeness (QED) is 0.393. The fourth-order valence-corrected chi connectivity index (χ4v) is 21.5. The normalized spacial score (nSPS) is 21.3. The summed E-state index contributed by atoms with van der Waals surface area (Å²) in [6.07, 6.45) is 24.2. The average molecular weight is 540 g/mol. The molecule has 1 radical (unpaired) electrons. The zero-order chi connectivity index (χ0) is 22.2. The SMILES string of the molecule is C1CC[CH]([Sn]([CH]2CCCCC2)[CH]2CCCCC2)CC1.O=C(O)c1ccc2ccccc2c1. The number of hydrogen-bond donors (Lipinski definition) is 1. The van der Waals surface area contributed by atoms with Gasteiger partial charge in [0.1, 0.15) is 0 Å². The first-order chi connectivity index (χ1) is 15.7. The minimum Gasteiger partial charge on any atom is -0.478 e. The van der Waals surface area contributed by atoms with E-state index in [4.69, 9.17) is 5.11 Å². The third kappa shape index (κ3) is 6.52. The van der Waals surface area contributed by atoms with Crippen LogP contribution in [0.25, 0.3) is 10.8 Å². The molecule has 3 saturated carbocycles. The van der Waals surface area contributed by atoms with Crippen LogP contribution in [0.15, 0.2) is 42.5 Å². The monoisotopic (exact) mass is 541 g/mol. The molecule has 5 rings (SSSR count). The summed E-state index contributed by atoms with van der Waals surface area (Å²) in [5, 5.41) is 10.8. The van der Waals surface area contributed by atoms with Gasteiger partial charge in [-0.05, 0) is 22.9 Å². The van der Waals surface area contributed by atoms with Crippen molar-refractivity contribution in [3.05, 3.63) is 48.0 Å². The van der Waals surface area contributed by atoms with Gasteiger partial charge in [-0.1, -0.05) is 30.3 Å². The van der Waals surface area contributed by atoms with Crippen LogP contribution in [0.3, 0.4) is 0 Å². The number of benzene rings is 2. The summed E-state index contributed by atoms with van der Waals surface area (Å²) in [6, 6.07) is 12.8. The fraction of sp³-hybridized carbons (Fsp3) is 0.621. The Morgan fingerprint density at radius 2 is 1.06 bits per heavy atom. The van der Waals surface area contributed by atoms with E-state index in [9.17, 15) is 4.79 Å². The first kappa shape index (κ1) is 24.1. The maximum atomic E-state index is 10.6. The van der Waals surface area contributed by atoms with Crippen molar-refractivity contribution in [1.29, 1.82) is 0 Å². The number of carboxylic acid groups (broad SMARTS) is 1. The zero-order valence-electron chi connectivity index (χ0n) is 19.7. The maximum Gasteiger partial charge on any atom is 0.335 e. The molecule has 0 unspecified atom stereocenters. The van der Waals surface area contributed by atoms with E-state index in [0.29, 0.717) is 5.56 Å². The van der Waals surface area contributed by atoms with Gasteiger partial charge in [-0.3, -0.25) is 0 Å². The molecule has 0 spiro atoms. The first-order valence-corrected chi connectivity index (χ1v) is 18.3. The molecule has 0 aromatic heterocycles. The summed E-state index contributed by atoms with van der Waals surface area (Å²) in [7, 11) is 0. The van der Waals surface area contributed by atoms with Crippen LogP contribution < -0.4 is 0 Å². The number of aromatic carboxylic acids is 1. The van der Waals surface area contributed by atoms with Crippen molar-refractivity contribution in [2.75, 3.05) is 0 Å². The summed E-state index contributed by atoms with van der Waals surface area (Å²) >= 11 is -1.15. The Kier molecular flexibility index (Phi) is 9.37. The molecule has 3 aliphatic rings. The summed E-state index contributed by atoms with van der Waals surface area (Å²) in [5.41, 5.74) is 0.332. The molecule has 2 aromatic carbocycles. The second-order valence-electron chi connectivity index (χ2n) is 10.4. The topological polar surface area (TPSA) is 37.3 Å². The zero-order valence-corrected chi connectivity index (χ0v) is 22.6. The molecule has 1 N–H and O–H groups in total. The Labute approximate surface area is 201 Å². The van der Waals surface area contributed by atoms with E-state index < -0.39 is 25.7 Å². The van der Waals surface area contributed by atoms with Gasteiger partial charge in [-0.25, -0.2) is 4.79 Å². The molecule has 3 heteroatoms. The van der Waals surface area contributed by atoms with E-state index in [-0.39, 0.29) is 0 Å². The second-order valence-corrected chi connectivity index (χ2v) is 20.2. The standard InChI is InChI=1S/C11H8O2.3C6H11.Sn/c12-11(13)10-6-5-8-3-1-2-4-9(8)7-10;3*1-2-4-6-5-3-1;/h1-7H,(H,12,13);3*1H,2-6H2;. The number of carbonyl (C=O) groups is 1. The Balaban J connectivity index is 0.000000165. The van der Waals surface area contributed by atoms with Crippen LogP contribution in [0.1, 0.15) is 107 Å². The van der Waals surface area contributed by atoms with E-state index in [2.05, 4.69) is 0 Å².